The lowest BCUT2D eigenvalue weighted by Crippen LogP contribution is -2.43. The Morgan fingerprint density at radius 3 is 2.90 bits per heavy atom. The van der Waals surface area contributed by atoms with Crippen molar-refractivity contribution in [3.05, 3.63) is 11.7 Å². The quantitative estimate of drug-likeness (QED) is 0.882. The van der Waals surface area contributed by atoms with Crippen molar-refractivity contribution >= 4 is 5.91 Å². The molecule has 20 heavy (non-hydrogen) atoms. The second-order valence-corrected chi connectivity index (χ2v) is 6.11. The molecule has 0 aromatic carbocycles. The highest BCUT2D eigenvalue weighted by Gasteiger charge is 2.34. The second kappa shape index (κ2) is 5.52. The molecule has 3 rings (SSSR count). The molecule has 6 heteroatoms. The van der Waals surface area contributed by atoms with E-state index in [1.807, 2.05) is 13.8 Å². The van der Waals surface area contributed by atoms with Gasteiger partial charge in [0.2, 0.25) is 11.8 Å². The SMILES string of the molecule is CC(C)c1noc(CN2CCC[C@@H]2C(=O)NC2CC2)n1. The molecule has 1 aromatic rings. The van der Waals surface area contributed by atoms with Crippen LogP contribution in [0.1, 0.15) is 57.2 Å². The fraction of sp³-hybridized carbons (Fsp3) is 0.786. The molecule has 6 nitrogen and oxygen atoms in total. The molecular weight excluding hydrogens is 256 g/mol. The molecule has 1 saturated carbocycles. The van der Waals surface area contributed by atoms with Gasteiger partial charge in [-0.15, -0.1) is 0 Å². The minimum Gasteiger partial charge on any atom is -0.352 e. The minimum absolute atomic E-state index is 0.0370. The topological polar surface area (TPSA) is 71.3 Å². The number of carbonyl (C=O) groups excluding carboxylic acids is 1. The lowest BCUT2D eigenvalue weighted by molar-refractivity contribution is -0.125. The maximum atomic E-state index is 12.2. The summed E-state index contributed by atoms with van der Waals surface area (Å²) < 4.78 is 5.27. The average molecular weight is 278 g/mol. The molecule has 1 aliphatic heterocycles. The van der Waals surface area contributed by atoms with E-state index < -0.39 is 0 Å². The van der Waals surface area contributed by atoms with Gasteiger partial charge < -0.3 is 9.84 Å². The molecular formula is C14H22N4O2. The Bertz CT molecular complexity index is 481. The highest BCUT2D eigenvalue weighted by molar-refractivity contribution is 5.82. The van der Waals surface area contributed by atoms with E-state index >= 15 is 0 Å². The number of hydrogen-bond acceptors (Lipinski definition) is 5. The zero-order valence-electron chi connectivity index (χ0n) is 12.1. The van der Waals surface area contributed by atoms with Crippen LogP contribution in [0.4, 0.5) is 0 Å². The molecule has 0 spiro atoms. The van der Waals surface area contributed by atoms with E-state index in [0.717, 1.165) is 38.1 Å². The third-order valence-electron chi connectivity index (χ3n) is 3.93. The van der Waals surface area contributed by atoms with Crippen LogP contribution in [-0.4, -0.2) is 39.6 Å². The summed E-state index contributed by atoms with van der Waals surface area (Å²) in [5.74, 6) is 1.77. The first-order valence-electron chi connectivity index (χ1n) is 7.50. The van der Waals surface area contributed by atoms with Crippen molar-refractivity contribution in [3.8, 4) is 0 Å². The fourth-order valence-electron chi connectivity index (χ4n) is 2.58. The summed E-state index contributed by atoms with van der Waals surface area (Å²) in [7, 11) is 0. The van der Waals surface area contributed by atoms with Crippen LogP contribution >= 0.6 is 0 Å². The molecule has 1 atom stereocenters. The first-order chi connectivity index (χ1) is 9.63. The largest absolute Gasteiger partial charge is 0.352 e. The predicted molar refractivity (Wildman–Crippen MR) is 73.0 cm³/mol. The van der Waals surface area contributed by atoms with Crippen molar-refractivity contribution in [1.29, 1.82) is 0 Å². The third kappa shape index (κ3) is 3.00. The van der Waals surface area contributed by atoms with E-state index in [2.05, 4.69) is 20.4 Å². The number of nitrogens with zero attached hydrogens (tertiary/aromatic N) is 3. The van der Waals surface area contributed by atoms with E-state index in [1.165, 1.54) is 0 Å². The van der Waals surface area contributed by atoms with Crippen LogP contribution in [0.15, 0.2) is 4.52 Å². The summed E-state index contributed by atoms with van der Waals surface area (Å²) in [4.78, 5) is 18.7. The van der Waals surface area contributed by atoms with Gasteiger partial charge in [-0.25, -0.2) is 0 Å². The van der Waals surface area contributed by atoms with Crippen LogP contribution in [0.2, 0.25) is 0 Å². The Labute approximate surface area is 118 Å². The van der Waals surface area contributed by atoms with Gasteiger partial charge in [0, 0.05) is 12.0 Å². The smallest absolute Gasteiger partial charge is 0.240 e. The van der Waals surface area contributed by atoms with Gasteiger partial charge in [-0.3, -0.25) is 9.69 Å². The van der Waals surface area contributed by atoms with Gasteiger partial charge in [0.25, 0.3) is 0 Å². The Morgan fingerprint density at radius 1 is 1.45 bits per heavy atom. The van der Waals surface area contributed by atoms with Crippen LogP contribution in [0.3, 0.4) is 0 Å². The van der Waals surface area contributed by atoms with Crippen LogP contribution in [-0.2, 0) is 11.3 Å². The highest BCUT2D eigenvalue weighted by Crippen LogP contribution is 2.23. The van der Waals surface area contributed by atoms with Gasteiger partial charge in [-0.05, 0) is 32.2 Å². The molecule has 0 bridgehead atoms. The Morgan fingerprint density at radius 2 is 2.25 bits per heavy atom. The number of likely N-dealkylation sites (tertiary alicyclic amines) is 1. The van der Waals surface area contributed by atoms with Crippen molar-refractivity contribution in [3.63, 3.8) is 0 Å². The summed E-state index contributed by atoms with van der Waals surface area (Å²) in [6.07, 6.45) is 4.22. The maximum absolute atomic E-state index is 12.2. The van der Waals surface area contributed by atoms with Gasteiger partial charge in [0.15, 0.2) is 5.82 Å². The summed E-state index contributed by atoms with van der Waals surface area (Å²) in [5, 5.41) is 7.06. The summed E-state index contributed by atoms with van der Waals surface area (Å²) in [6.45, 7) is 5.57. The number of hydrogen-bond donors (Lipinski definition) is 1. The number of nitrogens with one attached hydrogen (secondary N) is 1. The zero-order valence-corrected chi connectivity index (χ0v) is 12.1. The van der Waals surface area contributed by atoms with Gasteiger partial charge in [-0.1, -0.05) is 19.0 Å². The summed E-state index contributed by atoms with van der Waals surface area (Å²) >= 11 is 0. The van der Waals surface area contributed by atoms with Gasteiger partial charge in [-0.2, -0.15) is 4.98 Å². The molecule has 0 unspecified atom stereocenters. The van der Waals surface area contributed by atoms with Gasteiger partial charge in [0.05, 0.1) is 12.6 Å². The minimum atomic E-state index is -0.0370. The molecule has 1 aromatic heterocycles. The summed E-state index contributed by atoms with van der Waals surface area (Å²) in [6, 6.07) is 0.380. The van der Waals surface area contributed by atoms with E-state index in [9.17, 15) is 4.79 Å². The molecule has 0 radical (unpaired) electrons. The highest BCUT2D eigenvalue weighted by atomic mass is 16.5. The zero-order chi connectivity index (χ0) is 14.1. The number of rotatable bonds is 5. The van der Waals surface area contributed by atoms with Crippen LogP contribution < -0.4 is 5.32 Å². The molecule has 2 aliphatic rings. The number of carbonyl (C=O) groups is 1. The normalized spacial score (nSPS) is 23.4. The van der Waals surface area contributed by atoms with Crippen molar-refractivity contribution in [2.45, 2.75) is 64.1 Å². The molecule has 2 heterocycles. The third-order valence-corrected chi connectivity index (χ3v) is 3.93. The van der Waals surface area contributed by atoms with Crippen molar-refractivity contribution in [2.24, 2.45) is 0 Å². The number of aromatic nitrogens is 2. The van der Waals surface area contributed by atoms with Crippen molar-refractivity contribution in [1.82, 2.24) is 20.4 Å². The number of amides is 1. The second-order valence-electron chi connectivity index (χ2n) is 6.11. The standard InChI is InChI=1S/C14H22N4O2/c1-9(2)13-16-12(20-17-13)8-18-7-3-4-11(18)14(19)15-10-5-6-10/h9-11H,3-8H2,1-2H3,(H,15,19)/t11-/m1/s1. The lowest BCUT2D eigenvalue weighted by atomic mass is 10.2. The Balaban J connectivity index is 1.60. The molecule has 1 amide bonds. The summed E-state index contributed by atoms with van der Waals surface area (Å²) in [5.41, 5.74) is 0. The van der Waals surface area contributed by atoms with E-state index in [1.54, 1.807) is 0 Å². The van der Waals surface area contributed by atoms with Crippen molar-refractivity contribution < 1.29 is 9.32 Å². The fourth-order valence-corrected chi connectivity index (χ4v) is 2.58. The first kappa shape index (κ1) is 13.5. The van der Waals surface area contributed by atoms with E-state index in [-0.39, 0.29) is 17.9 Å². The molecule has 110 valence electrons. The lowest BCUT2D eigenvalue weighted by Gasteiger charge is -2.21. The Hall–Kier alpha value is -1.43. The van der Waals surface area contributed by atoms with Crippen LogP contribution in [0.25, 0.3) is 0 Å². The predicted octanol–water partition coefficient (Wildman–Crippen LogP) is 1.44. The molecule has 1 saturated heterocycles. The van der Waals surface area contributed by atoms with Crippen LogP contribution in [0.5, 0.6) is 0 Å². The molecule has 2 fully saturated rings. The van der Waals surface area contributed by atoms with Crippen molar-refractivity contribution in [2.75, 3.05) is 6.54 Å². The monoisotopic (exact) mass is 278 g/mol. The van der Waals surface area contributed by atoms with E-state index in [4.69, 9.17) is 4.52 Å². The van der Waals surface area contributed by atoms with Crippen LogP contribution in [0, 0.1) is 0 Å². The average Bonchev–Trinajstić information content (AvgIpc) is 2.93. The van der Waals surface area contributed by atoms with Gasteiger partial charge in [0.1, 0.15) is 0 Å². The van der Waals surface area contributed by atoms with Gasteiger partial charge >= 0.3 is 0 Å². The molecule has 1 N–H and O–H groups in total. The molecule has 1 aliphatic carbocycles. The Kier molecular flexibility index (Phi) is 3.74. The maximum Gasteiger partial charge on any atom is 0.240 e. The van der Waals surface area contributed by atoms with E-state index in [0.29, 0.717) is 18.5 Å². The first-order valence-corrected chi connectivity index (χ1v) is 7.50.